The first-order valence-electron chi connectivity index (χ1n) is 9.80. The number of aromatic nitrogens is 3. The third-order valence-corrected chi connectivity index (χ3v) is 4.97. The van der Waals surface area contributed by atoms with E-state index >= 15 is 0 Å². The minimum atomic E-state index is -3.02. The molecule has 4 rings (SSSR count). The van der Waals surface area contributed by atoms with Gasteiger partial charge in [0.1, 0.15) is 5.82 Å². The molecule has 0 aliphatic carbocycles. The first kappa shape index (κ1) is 22.9. The number of halogens is 3. The molecule has 0 aliphatic heterocycles. The van der Waals surface area contributed by atoms with Crippen molar-refractivity contribution < 1.29 is 23.1 Å². The smallest absolute Gasteiger partial charge is 0.388 e. The molecule has 172 valence electrons. The van der Waals surface area contributed by atoms with E-state index < -0.39 is 18.4 Å². The molecule has 0 saturated heterocycles. The van der Waals surface area contributed by atoms with Crippen LogP contribution in [0.25, 0.3) is 16.9 Å². The fraction of sp³-hybridized carbons (Fsp3) is 0.0435. The number of hydrogen-bond donors (Lipinski definition) is 2. The number of para-hydroxylation sites is 1. The molecular formula is C23H16ClF2N5O3. The molecule has 2 aromatic heterocycles. The van der Waals surface area contributed by atoms with Crippen molar-refractivity contribution in [3.05, 3.63) is 89.1 Å². The molecule has 2 heterocycles. The predicted molar refractivity (Wildman–Crippen MR) is 121 cm³/mol. The maximum absolute atomic E-state index is 13.1. The Kier molecular flexibility index (Phi) is 6.51. The Hall–Kier alpha value is -4.31. The summed E-state index contributed by atoms with van der Waals surface area (Å²) < 4.78 is 30.7. The second-order valence-electron chi connectivity index (χ2n) is 6.91. The number of alkyl halides is 2. The van der Waals surface area contributed by atoms with Crippen LogP contribution in [0, 0.1) is 0 Å². The van der Waals surface area contributed by atoms with Gasteiger partial charge in [0.25, 0.3) is 11.8 Å². The van der Waals surface area contributed by atoms with Crippen molar-refractivity contribution in [1.82, 2.24) is 14.8 Å². The first-order valence-corrected chi connectivity index (χ1v) is 10.2. The van der Waals surface area contributed by atoms with E-state index in [1.165, 1.54) is 35.0 Å². The van der Waals surface area contributed by atoms with Gasteiger partial charge < -0.3 is 15.8 Å². The van der Waals surface area contributed by atoms with Crippen LogP contribution in [0.3, 0.4) is 0 Å². The van der Waals surface area contributed by atoms with Crippen LogP contribution in [0.15, 0.2) is 72.8 Å². The maximum atomic E-state index is 13.1. The summed E-state index contributed by atoms with van der Waals surface area (Å²) in [7, 11) is 0. The van der Waals surface area contributed by atoms with Gasteiger partial charge in [-0.2, -0.15) is 13.9 Å². The van der Waals surface area contributed by atoms with Gasteiger partial charge in [0.05, 0.1) is 22.0 Å². The minimum Gasteiger partial charge on any atom is -0.417 e. The third-order valence-electron chi connectivity index (χ3n) is 4.64. The zero-order valence-electron chi connectivity index (χ0n) is 17.3. The molecule has 0 spiro atoms. The Bertz CT molecular complexity index is 1360. The zero-order chi connectivity index (χ0) is 24.2. The summed E-state index contributed by atoms with van der Waals surface area (Å²) in [6.07, 6.45) is 0. The van der Waals surface area contributed by atoms with E-state index in [9.17, 15) is 18.4 Å². The normalized spacial score (nSPS) is 10.8. The van der Waals surface area contributed by atoms with Crippen LogP contribution >= 0.6 is 11.6 Å². The van der Waals surface area contributed by atoms with E-state index in [0.29, 0.717) is 16.9 Å². The SMILES string of the molecule is NC(=O)c1cc(NC(=O)c2cc(-c3cccc(OC(F)F)n3)ccc2Cl)n(-c2ccccc2)n1. The molecule has 0 atom stereocenters. The molecular weight excluding hydrogens is 468 g/mol. The monoisotopic (exact) mass is 483 g/mol. The highest BCUT2D eigenvalue weighted by atomic mass is 35.5. The highest BCUT2D eigenvalue weighted by Crippen LogP contribution is 2.27. The molecule has 2 amide bonds. The van der Waals surface area contributed by atoms with Crippen molar-refractivity contribution in [1.29, 1.82) is 0 Å². The predicted octanol–water partition coefficient (Wildman–Crippen LogP) is 4.54. The molecule has 0 fully saturated rings. The van der Waals surface area contributed by atoms with Gasteiger partial charge in [-0.15, -0.1) is 0 Å². The first-order chi connectivity index (χ1) is 16.3. The summed E-state index contributed by atoms with van der Waals surface area (Å²) >= 11 is 6.26. The Morgan fingerprint density at radius 2 is 1.79 bits per heavy atom. The van der Waals surface area contributed by atoms with Gasteiger partial charge in [-0.3, -0.25) is 9.59 Å². The molecule has 8 nitrogen and oxygen atoms in total. The number of anilines is 1. The maximum Gasteiger partial charge on any atom is 0.388 e. The summed E-state index contributed by atoms with van der Waals surface area (Å²) in [4.78, 5) is 28.8. The average Bonchev–Trinajstić information content (AvgIpc) is 3.24. The Labute approximate surface area is 196 Å². The Balaban J connectivity index is 1.67. The van der Waals surface area contributed by atoms with Crippen LogP contribution in [-0.2, 0) is 0 Å². The third kappa shape index (κ3) is 5.02. The van der Waals surface area contributed by atoms with Gasteiger partial charge in [-0.05, 0) is 30.3 Å². The van der Waals surface area contributed by atoms with Crippen LogP contribution in [-0.4, -0.2) is 33.2 Å². The minimum absolute atomic E-state index is 0.0426. The quantitative estimate of drug-likeness (QED) is 0.401. The highest BCUT2D eigenvalue weighted by molar-refractivity contribution is 6.34. The van der Waals surface area contributed by atoms with E-state index in [2.05, 4.69) is 20.1 Å². The zero-order valence-corrected chi connectivity index (χ0v) is 18.0. The second-order valence-corrected chi connectivity index (χ2v) is 7.32. The van der Waals surface area contributed by atoms with Crippen molar-refractivity contribution in [2.75, 3.05) is 5.32 Å². The molecule has 0 saturated carbocycles. The van der Waals surface area contributed by atoms with Gasteiger partial charge in [-0.1, -0.05) is 41.9 Å². The number of carbonyl (C=O) groups excluding carboxylic acids is 2. The summed E-state index contributed by atoms with van der Waals surface area (Å²) in [6.45, 7) is -3.02. The van der Waals surface area contributed by atoms with Crippen molar-refractivity contribution >= 4 is 29.2 Å². The highest BCUT2D eigenvalue weighted by Gasteiger charge is 2.19. The molecule has 11 heteroatoms. The number of nitrogens with zero attached hydrogens (tertiary/aromatic N) is 3. The average molecular weight is 484 g/mol. The molecule has 34 heavy (non-hydrogen) atoms. The number of amides is 2. The number of pyridine rings is 1. The number of benzene rings is 2. The molecule has 2 aromatic carbocycles. The van der Waals surface area contributed by atoms with E-state index in [1.807, 2.05) is 0 Å². The van der Waals surface area contributed by atoms with Crippen LogP contribution < -0.4 is 15.8 Å². The molecule has 3 N–H and O–H groups in total. The molecule has 0 radical (unpaired) electrons. The number of primary amides is 1. The van der Waals surface area contributed by atoms with Gasteiger partial charge in [0.15, 0.2) is 5.69 Å². The van der Waals surface area contributed by atoms with E-state index in [4.69, 9.17) is 17.3 Å². The summed E-state index contributed by atoms with van der Waals surface area (Å²) in [5.74, 6) is -1.43. The number of nitrogens with two attached hydrogens (primary N) is 1. The van der Waals surface area contributed by atoms with E-state index in [1.54, 1.807) is 42.5 Å². The second kappa shape index (κ2) is 9.67. The van der Waals surface area contributed by atoms with E-state index in [-0.39, 0.29) is 28.0 Å². The van der Waals surface area contributed by atoms with Gasteiger partial charge in [0.2, 0.25) is 5.88 Å². The number of hydrogen-bond acceptors (Lipinski definition) is 5. The van der Waals surface area contributed by atoms with Gasteiger partial charge in [-0.25, -0.2) is 9.67 Å². The largest absolute Gasteiger partial charge is 0.417 e. The van der Waals surface area contributed by atoms with Crippen LogP contribution in [0.1, 0.15) is 20.8 Å². The van der Waals surface area contributed by atoms with Crippen LogP contribution in [0.5, 0.6) is 5.88 Å². The molecule has 0 unspecified atom stereocenters. The topological polar surface area (TPSA) is 112 Å². The number of carbonyl (C=O) groups is 2. The lowest BCUT2D eigenvalue weighted by Gasteiger charge is -2.11. The standard InChI is InChI=1S/C23H16ClF2N5O3/c24-16-10-9-13(17-7-4-8-20(28-17)34-23(25)26)11-15(16)22(33)29-19-12-18(21(27)32)30-31(19)14-5-2-1-3-6-14/h1-12,23H,(H2,27,32)(H,29,33). The van der Waals surface area contributed by atoms with Crippen LogP contribution in [0.4, 0.5) is 14.6 Å². The fourth-order valence-electron chi connectivity index (χ4n) is 3.13. The number of ether oxygens (including phenoxy) is 1. The van der Waals surface area contributed by atoms with E-state index in [0.717, 1.165) is 0 Å². The molecule has 0 aliphatic rings. The number of rotatable bonds is 7. The summed E-state index contributed by atoms with van der Waals surface area (Å²) in [5.41, 5.74) is 6.73. The van der Waals surface area contributed by atoms with Crippen molar-refractivity contribution in [2.24, 2.45) is 5.73 Å². The Morgan fingerprint density at radius 1 is 1.03 bits per heavy atom. The Morgan fingerprint density at radius 3 is 2.50 bits per heavy atom. The van der Waals surface area contributed by atoms with Gasteiger partial charge in [0, 0.05) is 17.7 Å². The van der Waals surface area contributed by atoms with Gasteiger partial charge >= 0.3 is 6.61 Å². The fourth-order valence-corrected chi connectivity index (χ4v) is 3.33. The lowest BCUT2D eigenvalue weighted by molar-refractivity contribution is -0.0527. The molecule has 0 bridgehead atoms. The lowest BCUT2D eigenvalue weighted by atomic mass is 10.1. The van der Waals surface area contributed by atoms with Crippen LogP contribution in [0.2, 0.25) is 5.02 Å². The van der Waals surface area contributed by atoms with Crippen molar-refractivity contribution in [3.8, 4) is 22.8 Å². The number of nitrogens with one attached hydrogen (secondary N) is 1. The van der Waals surface area contributed by atoms with Crippen molar-refractivity contribution in [3.63, 3.8) is 0 Å². The molecule has 4 aromatic rings. The summed E-state index contributed by atoms with van der Waals surface area (Å²) in [5, 5.41) is 6.98. The lowest BCUT2D eigenvalue weighted by Crippen LogP contribution is -2.16. The van der Waals surface area contributed by atoms with Crippen molar-refractivity contribution in [2.45, 2.75) is 6.61 Å². The summed E-state index contributed by atoms with van der Waals surface area (Å²) in [6, 6.07) is 19.1.